The lowest BCUT2D eigenvalue weighted by atomic mass is 10.1. The zero-order valence-corrected chi connectivity index (χ0v) is 8.71. The Hall–Kier alpha value is -2.23. The number of oxazole rings is 1. The predicted octanol–water partition coefficient (Wildman–Crippen LogP) is 2.59. The lowest BCUT2D eigenvalue weighted by molar-refractivity contribution is 0.561. The molecule has 2 aromatic heterocycles. The van der Waals surface area contributed by atoms with Crippen molar-refractivity contribution in [2.75, 3.05) is 0 Å². The Labute approximate surface area is 92.0 Å². The fourth-order valence-corrected chi connectivity index (χ4v) is 1.66. The minimum Gasteiger partial charge on any atom is -0.441 e. The van der Waals surface area contributed by atoms with E-state index in [1.54, 1.807) is 6.20 Å². The summed E-state index contributed by atoms with van der Waals surface area (Å²) in [5, 5.41) is 0. The number of hydrogen-bond acceptors (Lipinski definition) is 4. The van der Waals surface area contributed by atoms with Gasteiger partial charge in [-0.2, -0.15) is 0 Å². The Morgan fingerprint density at radius 2 is 2.12 bits per heavy atom. The molecule has 0 N–H and O–H groups in total. The number of nitrogens with zero attached hydrogens (tertiary/aromatic N) is 3. The maximum absolute atomic E-state index is 5.48. The standard InChI is InChI=1S/C12H9N3O/c1-8-15-11-3-2-9(6-12(11)16-8)10-4-5-13-7-14-10/h2-7H,1H3. The van der Waals surface area contributed by atoms with E-state index in [0.717, 1.165) is 22.4 Å². The fraction of sp³-hybridized carbons (Fsp3) is 0.0833. The summed E-state index contributed by atoms with van der Waals surface area (Å²) in [6, 6.07) is 7.72. The van der Waals surface area contributed by atoms with Crippen molar-refractivity contribution in [2.24, 2.45) is 0 Å². The molecule has 0 saturated carbocycles. The minimum absolute atomic E-state index is 0.676. The molecule has 0 spiro atoms. The van der Waals surface area contributed by atoms with Gasteiger partial charge in [-0.25, -0.2) is 15.0 Å². The van der Waals surface area contributed by atoms with Crippen molar-refractivity contribution in [3.63, 3.8) is 0 Å². The number of fused-ring (bicyclic) bond motifs is 1. The van der Waals surface area contributed by atoms with Crippen LogP contribution in [0, 0.1) is 6.92 Å². The molecule has 0 amide bonds. The highest BCUT2D eigenvalue weighted by Gasteiger charge is 2.04. The second-order valence-electron chi connectivity index (χ2n) is 3.51. The first-order valence-corrected chi connectivity index (χ1v) is 4.96. The van der Waals surface area contributed by atoms with Gasteiger partial charge >= 0.3 is 0 Å². The summed E-state index contributed by atoms with van der Waals surface area (Å²) in [4.78, 5) is 12.3. The van der Waals surface area contributed by atoms with E-state index in [1.165, 1.54) is 6.33 Å². The first-order valence-electron chi connectivity index (χ1n) is 4.96. The Morgan fingerprint density at radius 3 is 2.94 bits per heavy atom. The van der Waals surface area contributed by atoms with Crippen LogP contribution in [0.4, 0.5) is 0 Å². The van der Waals surface area contributed by atoms with Gasteiger partial charge in [0.2, 0.25) is 0 Å². The topological polar surface area (TPSA) is 51.8 Å². The molecule has 16 heavy (non-hydrogen) atoms. The minimum atomic E-state index is 0.676. The molecular weight excluding hydrogens is 202 g/mol. The molecule has 78 valence electrons. The van der Waals surface area contributed by atoms with Crippen LogP contribution in [-0.4, -0.2) is 15.0 Å². The Morgan fingerprint density at radius 1 is 1.19 bits per heavy atom. The van der Waals surface area contributed by atoms with Crippen LogP contribution in [-0.2, 0) is 0 Å². The molecule has 0 aliphatic heterocycles. The van der Waals surface area contributed by atoms with Gasteiger partial charge in [0.25, 0.3) is 0 Å². The van der Waals surface area contributed by atoms with Crippen LogP contribution in [0.5, 0.6) is 0 Å². The van der Waals surface area contributed by atoms with Crippen LogP contribution in [0.3, 0.4) is 0 Å². The molecule has 3 rings (SSSR count). The molecule has 0 bridgehead atoms. The summed E-state index contributed by atoms with van der Waals surface area (Å²) < 4.78 is 5.48. The molecule has 0 fully saturated rings. The van der Waals surface area contributed by atoms with Gasteiger partial charge < -0.3 is 4.42 Å². The number of benzene rings is 1. The van der Waals surface area contributed by atoms with Crippen LogP contribution in [0.1, 0.15) is 5.89 Å². The van der Waals surface area contributed by atoms with Gasteiger partial charge in [-0.3, -0.25) is 0 Å². The summed E-state index contributed by atoms with van der Waals surface area (Å²) in [6.07, 6.45) is 3.25. The Balaban J connectivity index is 2.18. The second-order valence-corrected chi connectivity index (χ2v) is 3.51. The van der Waals surface area contributed by atoms with Crippen LogP contribution >= 0.6 is 0 Å². The third kappa shape index (κ3) is 1.44. The summed E-state index contributed by atoms with van der Waals surface area (Å²) in [7, 11) is 0. The zero-order valence-electron chi connectivity index (χ0n) is 8.71. The summed E-state index contributed by atoms with van der Waals surface area (Å²) >= 11 is 0. The molecule has 3 aromatic rings. The molecule has 4 nitrogen and oxygen atoms in total. The van der Waals surface area contributed by atoms with Crippen molar-refractivity contribution in [3.8, 4) is 11.3 Å². The number of hydrogen-bond donors (Lipinski definition) is 0. The van der Waals surface area contributed by atoms with Gasteiger partial charge in [-0.15, -0.1) is 0 Å². The van der Waals surface area contributed by atoms with Crippen LogP contribution < -0.4 is 0 Å². The average molecular weight is 211 g/mol. The zero-order chi connectivity index (χ0) is 11.0. The normalized spacial score (nSPS) is 10.8. The molecule has 0 aliphatic carbocycles. The van der Waals surface area contributed by atoms with E-state index in [-0.39, 0.29) is 0 Å². The highest BCUT2D eigenvalue weighted by molar-refractivity contribution is 5.79. The van der Waals surface area contributed by atoms with Crippen LogP contribution in [0.25, 0.3) is 22.4 Å². The third-order valence-electron chi connectivity index (χ3n) is 2.37. The maximum atomic E-state index is 5.48. The van der Waals surface area contributed by atoms with Crippen LogP contribution in [0.2, 0.25) is 0 Å². The Kier molecular flexibility index (Phi) is 1.93. The van der Waals surface area contributed by atoms with Crippen molar-refractivity contribution >= 4 is 11.1 Å². The predicted molar refractivity (Wildman–Crippen MR) is 59.8 cm³/mol. The number of aromatic nitrogens is 3. The smallest absolute Gasteiger partial charge is 0.192 e. The van der Waals surface area contributed by atoms with Crippen molar-refractivity contribution in [2.45, 2.75) is 6.92 Å². The molecule has 0 aliphatic rings. The third-order valence-corrected chi connectivity index (χ3v) is 2.37. The van der Waals surface area contributed by atoms with E-state index in [0.29, 0.717) is 5.89 Å². The second kappa shape index (κ2) is 3.41. The summed E-state index contributed by atoms with van der Waals surface area (Å²) in [5.74, 6) is 0.676. The van der Waals surface area contributed by atoms with Gasteiger partial charge in [0.1, 0.15) is 11.8 Å². The van der Waals surface area contributed by atoms with Crippen LogP contribution in [0.15, 0.2) is 41.2 Å². The molecular formula is C12H9N3O. The molecule has 0 unspecified atom stereocenters. The SMILES string of the molecule is Cc1nc2ccc(-c3ccncn3)cc2o1. The van der Waals surface area contributed by atoms with Gasteiger partial charge in [0.15, 0.2) is 11.5 Å². The lowest BCUT2D eigenvalue weighted by Crippen LogP contribution is -1.83. The highest BCUT2D eigenvalue weighted by atomic mass is 16.3. The molecule has 0 atom stereocenters. The lowest BCUT2D eigenvalue weighted by Gasteiger charge is -1.98. The van der Waals surface area contributed by atoms with E-state index in [9.17, 15) is 0 Å². The van der Waals surface area contributed by atoms with E-state index in [4.69, 9.17) is 4.42 Å². The highest BCUT2D eigenvalue weighted by Crippen LogP contribution is 2.22. The largest absolute Gasteiger partial charge is 0.441 e. The van der Waals surface area contributed by atoms with Crippen molar-refractivity contribution in [1.82, 2.24) is 15.0 Å². The van der Waals surface area contributed by atoms with E-state index in [2.05, 4.69) is 15.0 Å². The van der Waals surface area contributed by atoms with Gasteiger partial charge in [-0.05, 0) is 18.2 Å². The van der Waals surface area contributed by atoms with Gasteiger partial charge in [-0.1, -0.05) is 6.07 Å². The van der Waals surface area contributed by atoms with E-state index >= 15 is 0 Å². The van der Waals surface area contributed by atoms with Crippen molar-refractivity contribution in [3.05, 3.63) is 42.7 Å². The quantitative estimate of drug-likeness (QED) is 0.620. The molecule has 4 heteroatoms. The molecule has 0 saturated heterocycles. The van der Waals surface area contributed by atoms with Crippen molar-refractivity contribution in [1.29, 1.82) is 0 Å². The van der Waals surface area contributed by atoms with Gasteiger partial charge in [0.05, 0.1) is 5.69 Å². The average Bonchev–Trinajstić information content (AvgIpc) is 2.69. The van der Waals surface area contributed by atoms with Crippen molar-refractivity contribution < 1.29 is 4.42 Å². The first-order chi connectivity index (χ1) is 7.83. The maximum Gasteiger partial charge on any atom is 0.192 e. The van der Waals surface area contributed by atoms with E-state index < -0.39 is 0 Å². The molecule has 2 heterocycles. The number of aryl methyl sites for hydroxylation is 1. The molecule has 1 aromatic carbocycles. The number of rotatable bonds is 1. The molecule has 0 radical (unpaired) electrons. The summed E-state index contributed by atoms with van der Waals surface area (Å²) in [5.41, 5.74) is 3.54. The monoisotopic (exact) mass is 211 g/mol. The fourth-order valence-electron chi connectivity index (χ4n) is 1.66. The Bertz CT molecular complexity index is 631. The first kappa shape index (κ1) is 9.03. The summed E-state index contributed by atoms with van der Waals surface area (Å²) in [6.45, 7) is 1.84. The van der Waals surface area contributed by atoms with Gasteiger partial charge in [0, 0.05) is 18.7 Å². The van der Waals surface area contributed by atoms with E-state index in [1.807, 2.05) is 31.2 Å².